The molecule has 28 heavy (non-hydrogen) atoms. The van der Waals surface area contributed by atoms with Gasteiger partial charge in [-0.2, -0.15) is 0 Å². The van der Waals surface area contributed by atoms with E-state index in [4.69, 9.17) is 4.74 Å². The molecule has 1 aromatic rings. The third-order valence-corrected chi connectivity index (χ3v) is 5.56. The SMILES string of the molecule is COc1ccc(CN2CCN(C(=O)NC(C)C)CC3(CC(=O)N(C)C3)C2)cc1. The summed E-state index contributed by atoms with van der Waals surface area (Å²) >= 11 is 0. The maximum atomic E-state index is 12.7. The molecule has 7 heteroatoms. The summed E-state index contributed by atoms with van der Waals surface area (Å²) in [4.78, 5) is 31.1. The molecule has 1 N–H and O–H groups in total. The summed E-state index contributed by atoms with van der Waals surface area (Å²) in [5, 5.41) is 3.00. The minimum absolute atomic E-state index is 0.0392. The molecule has 0 aliphatic carbocycles. The fourth-order valence-corrected chi connectivity index (χ4v) is 4.30. The number of rotatable bonds is 4. The van der Waals surface area contributed by atoms with Gasteiger partial charge in [-0.15, -0.1) is 0 Å². The maximum absolute atomic E-state index is 12.7. The predicted molar refractivity (Wildman–Crippen MR) is 108 cm³/mol. The van der Waals surface area contributed by atoms with Crippen LogP contribution >= 0.6 is 0 Å². The standard InChI is InChI=1S/C21H32N4O3/c1-16(2)22-20(27)25-10-9-24(12-17-5-7-18(28-4)8-6-17)14-21(15-25)11-19(26)23(3)13-21/h5-8,16H,9-15H2,1-4H3,(H,22,27). The number of likely N-dealkylation sites (tertiary alicyclic amines) is 1. The van der Waals surface area contributed by atoms with Crippen molar-refractivity contribution >= 4 is 11.9 Å². The number of carbonyl (C=O) groups is 2. The molecular weight excluding hydrogens is 356 g/mol. The maximum Gasteiger partial charge on any atom is 0.317 e. The number of nitrogens with one attached hydrogen (secondary N) is 1. The van der Waals surface area contributed by atoms with Gasteiger partial charge in [-0.3, -0.25) is 9.69 Å². The van der Waals surface area contributed by atoms with E-state index in [1.165, 1.54) is 5.56 Å². The molecule has 1 aromatic carbocycles. The van der Waals surface area contributed by atoms with Gasteiger partial charge in [-0.1, -0.05) is 12.1 Å². The first-order chi connectivity index (χ1) is 13.3. The fourth-order valence-electron chi connectivity index (χ4n) is 4.30. The minimum atomic E-state index is -0.219. The largest absolute Gasteiger partial charge is 0.497 e. The molecule has 0 bridgehead atoms. The van der Waals surface area contributed by atoms with E-state index in [1.807, 2.05) is 37.9 Å². The lowest BCUT2D eigenvalue weighted by molar-refractivity contribution is -0.126. The Hall–Kier alpha value is -2.28. The molecule has 2 saturated heterocycles. The number of ether oxygens (including phenoxy) is 1. The summed E-state index contributed by atoms with van der Waals surface area (Å²) in [6.07, 6.45) is 0.494. The van der Waals surface area contributed by atoms with Crippen molar-refractivity contribution in [1.29, 1.82) is 0 Å². The van der Waals surface area contributed by atoms with E-state index in [1.54, 1.807) is 12.0 Å². The van der Waals surface area contributed by atoms with Crippen LogP contribution in [0, 0.1) is 5.41 Å². The molecule has 0 aromatic heterocycles. The Labute approximate surface area is 167 Å². The molecule has 1 spiro atoms. The number of hydrogen-bond acceptors (Lipinski definition) is 4. The summed E-state index contributed by atoms with van der Waals surface area (Å²) in [7, 11) is 3.52. The molecule has 1 unspecified atom stereocenters. The molecule has 3 amide bonds. The lowest BCUT2D eigenvalue weighted by atomic mass is 9.86. The first-order valence-corrected chi connectivity index (χ1v) is 9.95. The summed E-state index contributed by atoms with van der Waals surface area (Å²) in [6, 6.07) is 8.14. The van der Waals surface area contributed by atoms with Gasteiger partial charge in [0.05, 0.1) is 7.11 Å². The second-order valence-corrected chi connectivity index (χ2v) is 8.51. The zero-order chi connectivity index (χ0) is 20.3. The van der Waals surface area contributed by atoms with Gasteiger partial charge in [-0.25, -0.2) is 4.79 Å². The van der Waals surface area contributed by atoms with E-state index in [9.17, 15) is 9.59 Å². The van der Waals surface area contributed by atoms with Crippen molar-refractivity contribution in [3.8, 4) is 5.75 Å². The molecule has 7 nitrogen and oxygen atoms in total. The van der Waals surface area contributed by atoms with Gasteiger partial charge in [0.2, 0.25) is 5.91 Å². The molecule has 1 atom stereocenters. The topological polar surface area (TPSA) is 65.1 Å². The Morgan fingerprint density at radius 3 is 2.46 bits per heavy atom. The van der Waals surface area contributed by atoms with Gasteiger partial charge in [0.1, 0.15) is 5.75 Å². The third kappa shape index (κ3) is 4.76. The first kappa shape index (κ1) is 20.5. The summed E-state index contributed by atoms with van der Waals surface area (Å²) in [5.41, 5.74) is 0.983. The van der Waals surface area contributed by atoms with Crippen LogP contribution in [0.15, 0.2) is 24.3 Å². The monoisotopic (exact) mass is 388 g/mol. The molecule has 2 fully saturated rings. The van der Waals surface area contributed by atoms with Gasteiger partial charge in [-0.05, 0) is 31.5 Å². The van der Waals surface area contributed by atoms with Crippen LogP contribution in [-0.4, -0.2) is 79.6 Å². The van der Waals surface area contributed by atoms with E-state index in [0.717, 1.165) is 25.4 Å². The Morgan fingerprint density at radius 2 is 1.89 bits per heavy atom. The molecule has 2 heterocycles. The van der Waals surface area contributed by atoms with Gasteiger partial charge < -0.3 is 19.9 Å². The lowest BCUT2D eigenvalue weighted by Gasteiger charge is -2.33. The number of urea groups is 1. The minimum Gasteiger partial charge on any atom is -0.497 e. The van der Waals surface area contributed by atoms with Crippen LogP contribution < -0.4 is 10.1 Å². The first-order valence-electron chi connectivity index (χ1n) is 9.95. The fraction of sp³-hybridized carbons (Fsp3) is 0.619. The highest BCUT2D eigenvalue weighted by Crippen LogP contribution is 2.35. The van der Waals surface area contributed by atoms with Crippen LogP contribution in [0.1, 0.15) is 25.8 Å². The summed E-state index contributed by atoms with van der Waals surface area (Å²) in [5.74, 6) is 1.01. The molecule has 2 aliphatic heterocycles. The Bertz CT molecular complexity index is 706. The molecule has 0 radical (unpaired) electrons. The highest BCUT2D eigenvalue weighted by Gasteiger charge is 2.46. The zero-order valence-corrected chi connectivity index (χ0v) is 17.4. The number of nitrogens with zero attached hydrogens (tertiary/aromatic N) is 3. The highest BCUT2D eigenvalue weighted by atomic mass is 16.5. The lowest BCUT2D eigenvalue weighted by Crippen LogP contribution is -2.48. The van der Waals surface area contributed by atoms with Crippen molar-refractivity contribution in [1.82, 2.24) is 20.0 Å². The molecule has 3 rings (SSSR count). The van der Waals surface area contributed by atoms with Crippen LogP contribution in [-0.2, 0) is 11.3 Å². The van der Waals surface area contributed by atoms with Gasteiger partial charge >= 0.3 is 6.03 Å². The number of hydrogen-bond donors (Lipinski definition) is 1. The Balaban J connectivity index is 1.77. The highest BCUT2D eigenvalue weighted by molar-refractivity contribution is 5.80. The number of amides is 3. The molecule has 154 valence electrons. The van der Waals surface area contributed by atoms with E-state index < -0.39 is 0 Å². The van der Waals surface area contributed by atoms with Gasteiger partial charge in [0.15, 0.2) is 0 Å². The van der Waals surface area contributed by atoms with Crippen molar-refractivity contribution in [2.24, 2.45) is 5.41 Å². The van der Waals surface area contributed by atoms with Crippen LogP contribution in [0.4, 0.5) is 4.79 Å². The number of carbonyl (C=O) groups excluding carboxylic acids is 2. The van der Waals surface area contributed by atoms with E-state index in [2.05, 4.69) is 22.3 Å². The van der Waals surface area contributed by atoms with Crippen molar-refractivity contribution in [2.45, 2.75) is 32.9 Å². The average Bonchev–Trinajstić information content (AvgIpc) is 2.80. The Kier molecular flexibility index (Phi) is 6.13. The smallest absolute Gasteiger partial charge is 0.317 e. The van der Waals surface area contributed by atoms with Crippen molar-refractivity contribution in [3.05, 3.63) is 29.8 Å². The van der Waals surface area contributed by atoms with E-state index >= 15 is 0 Å². The van der Waals surface area contributed by atoms with Crippen LogP contribution in [0.25, 0.3) is 0 Å². The van der Waals surface area contributed by atoms with Crippen molar-refractivity contribution in [3.63, 3.8) is 0 Å². The van der Waals surface area contributed by atoms with E-state index in [-0.39, 0.29) is 23.4 Å². The number of methoxy groups -OCH3 is 1. The quantitative estimate of drug-likeness (QED) is 0.854. The molecular formula is C21H32N4O3. The van der Waals surface area contributed by atoms with Crippen LogP contribution in [0.5, 0.6) is 5.75 Å². The summed E-state index contributed by atoms with van der Waals surface area (Å²) in [6.45, 7) is 8.29. The summed E-state index contributed by atoms with van der Waals surface area (Å²) < 4.78 is 5.24. The second kappa shape index (κ2) is 8.39. The number of benzene rings is 1. The van der Waals surface area contributed by atoms with Crippen molar-refractivity contribution < 1.29 is 14.3 Å². The zero-order valence-electron chi connectivity index (χ0n) is 17.4. The van der Waals surface area contributed by atoms with Crippen LogP contribution in [0.3, 0.4) is 0 Å². The predicted octanol–water partition coefficient (Wildman–Crippen LogP) is 1.78. The Morgan fingerprint density at radius 1 is 1.18 bits per heavy atom. The average molecular weight is 389 g/mol. The van der Waals surface area contributed by atoms with Crippen LogP contribution in [0.2, 0.25) is 0 Å². The van der Waals surface area contributed by atoms with Crippen molar-refractivity contribution in [2.75, 3.05) is 46.9 Å². The van der Waals surface area contributed by atoms with E-state index in [0.29, 0.717) is 26.1 Å². The van der Waals surface area contributed by atoms with Gasteiger partial charge in [0, 0.05) is 64.2 Å². The third-order valence-electron chi connectivity index (χ3n) is 5.56. The normalized spacial score (nSPS) is 23.4. The van der Waals surface area contributed by atoms with Gasteiger partial charge in [0.25, 0.3) is 0 Å². The second-order valence-electron chi connectivity index (χ2n) is 8.51. The molecule has 2 aliphatic rings. The molecule has 0 saturated carbocycles.